The highest BCUT2D eigenvalue weighted by atomic mass is 35.5. The Morgan fingerprint density at radius 3 is 2.83 bits per heavy atom. The molecule has 2 heterocycles. The summed E-state index contributed by atoms with van der Waals surface area (Å²) in [6.45, 7) is 5.79. The summed E-state index contributed by atoms with van der Waals surface area (Å²) >= 11 is 6.07. The van der Waals surface area contributed by atoms with E-state index in [1.165, 1.54) is 17.0 Å². The maximum atomic E-state index is 13.9. The van der Waals surface area contributed by atoms with E-state index >= 15 is 0 Å². The largest absolute Gasteiger partial charge is 0.334 e. The first-order valence-electron chi connectivity index (χ1n) is 9.23. The number of hydrogen-bond acceptors (Lipinski definition) is 4. The molecule has 0 saturated heterocycles. The maximum absolute atomic E-state index is 13.9. The fourth-order valence-electron chi connectivity index (χ4n) is 3.42. The van der Waals surface area contributed by atoms with E-state index in [4.69, 9.17) is 16.1 Å². The molecule has 0 radical (unpaired) electrons. The fraction of sp³-hybridized carbons (Fsp3) is 0.136. The van der Waals surface area contributed by atoms with Crippen LogP contribution in [-0.2, 0) is 0 Å². The van der Waals surface area contributed by atoms with Gasteiger partial charge in [-0.1, -0.05) is 47.1 Å². The molecule has 6 nitrogen and oxygen atoms in total. The van der Waals surface area contributed by atoms with Crippen LogP contribution in [0.2, 0.25) is 5.02 Å². The highest BCUT2D eigenvalue weighted by Crippen LogP contribution is 2.37. The summed E-state index contributed by atoms with van der Waals surface area (Å²) in [6, 6.07) is 12.2. The monoisotopic (exact) mass is 424 g/mol. The number of nitrogens with one attached hydrogen (secondary N) is 1. The van der Waals surface area contributed by atoms with E-state index in [2.05, 4.69) is 22.0 Å². The number of hydrogen-bond donors (Lipinski definition) is 1. The number of nitrogens with zero attached hydrogens (tertiary/aromatic N) is 3. The van der Waals surface area contributed by atoms with Crippen LogP contribution in [0.5, 0.6) is 0 Å². The Kier molecular flexibility index (Phi) is 5.37. The molecule has 3 aromatic rings. The van der Waals surface area contributed by atoms with Crippen molar-refractivity contribution in [3.8, 4) is 11.4 Å². The van der Waals surface area contributed by atoms with Gasteiger partial charge in [0, 0.05) is 22.8 Å². The Balaban J connectivity index is 1.83. The highest BCUT2D eigenvalue weighted by Gasteiger charge is 2.35. The van der Waals surface area contributed by atoms with Crippen LogP contribution in [0.4, 0.5) is 9.18 Å². The van der Waals surface area contributed by atoms with Gasteiger partial charge in [-0.3, -0.25) is 4.90 Å². The van der Waals surface area contributed by atoms with Crippen LogP contribution >= 0.6 is 11.6 Å². The number of halogens is 2. The summed E-state index contributed by atoms with van der Waals surface area (Å²) in [6.07, 6.45) is 1.62. The Hall–Kier alpha value is -3.45. The molecule has 30 heavy (non-hydrogen) atoms. The Bertz CT molecular complexity index is 1160. The number of urea groups is 1. The molecule has 0 spiro atoms. The highest BCUT2D eigenvalue weighted by molar-refractivity contribution is 6.30. The van der Waals surface area contributed by atoms with E-state index in [1.807, 2.05) is 6.07 Å². The summed E-state index contributed by atoms with van der Waals surface area (Å²) < 4.78 is 19.4. The number of allylic oxidation sites excluding steroid dienone is 1. The Morgan fingerprint density at radius 1 is 1.30 bits per heavy atom. The number of amides is 2. The summed E-state index contributed by atoms with van der Waals surface area (Å²) in [5.41, 5.74) is 2.47. The lowest BCUT2D eigenvalue weighted by Gasteiger charge is -2.34. The molecule has 0 saturated carbocycles. The molecule has 1 unspecified atom stereocenters. The zero-order chi connectivity index (χ0) is 21.3. The van der Waals surface area contributed by atoms with Crippen LogP contribution in [0.1, 0.15) is 24.4 Å². The minimum absolute atomic E-state index is 0.228. The first-order chi connectivity index (χ1) is 14.5. The van der Waals surface area contributed by atoms with Gasteiger partial charge >= 0.3 is 6.03 Å². The van der Waals surface area contributed by atoms with Gasteiger partial charge < -0.3 is 9.84 Å². The Morgan fingerprint density at radius 2 is 2.10 bits per heavy atom. The third-order valence-corrected chi connectivity index (χ3v) is 5.06. The third-order valence-electron chi connectivity index (χ3n) is 4.83. The molecule has 8 heteroatoms. The van der Waals surface area contributed by atoms with Crippen LogP contribution in [0.25, 0.3) is 17.0 Å². The van der Waals surface area contributed by atoms with Crippen molar-refractivity contribution in [2.24, 2.45) is 0 Å². The van der Waals surface area contributed by atoms with E-state index in [0.717, 1.165) is 0 Å². The number of aromatic nitrogens is 2. The predicted molar refractivity (Wildman–Crippen MR) is 112 cm³/mol. The molecule has 0 fully saturated rings. The van der Waals surface area contributed by atoms with Crippen LogP contribution in [-0.4, -0.2) is 27.6 Å². The zero-order valence-electron chi connectivity index (χ0n) is 16.1. The van der Waals surface area contributed by atoms with Gasteiger partial charge in [0.15, 0.2) is 0 Å². The quantitative estimate of drug-likeness (QED) is 0.570. The number of carbonyl (C=O) groups is 1. The Labute approximate surface area is 177 Å². The van der Waals surface area contributed by atoms with E-state index in [-0.39, 0.29) is 11.9 Å². The SMILES string of the molecule is C=CCN1C(=O)NC(c2cccc(F)c2)C(c2nc(-c3cccc(Cl)c3)no2)=C1C. The van der Waals surface area contributed by atoms with E-state index in [9.17, 15) is 9.18 Å². The number of carbonyl (C=O) groups excluding carboxylic acids is 1. The van der Waals surface area contributed by atoms with Crippen molar-refractivity contribution in [1.82, 2.24) is 20.4 Å². The second-order valence-corrected chi connectivity index (χ2v) is 7.21. The molecular formula is C22H18ClFN4O2. The van der Waals surface area contributed by atoms with E-state index in [1.54, 1.807) is 43.3 Å². The first-order valence-corrected chi connectivity index (χ1v) is 9.61. The van der Waals surface area contributed by atoms with Crippen molar-refractivity contribution in [2.75, 3.05) is 6.54 Å². The molecule has 1 aromatic heterocycles. The van der Waals surface area contributed by atoms with Gasteiger partial charge in [0.05, 0.1) is 11.6 Å². The van der Waals surface area contributed by atoms with Gasteiger partial charge in [0.25, 0.3) is 5.89 Å². The van der Waals surface area contributed by atoms with Gasteiger partial charge in [-0.2, -0.15) is 4.98 Å². The molecule has 1 aliphatic rings. The lowest BCUT2D eigenvalue weighted by Crippen LogP contribution is -2.46. The van der Waals surface area contributed by atoms with Crippen molar-refractivity contribution in [2.45, 2.75) is 13.0 Å². The van der Waals surface area contributed by atoms with Gasteiger partial charge in [-0.15, -0.1) is 6.58 Å². The van der Waals surface area contributed by atoms with E-state index in [0.29, 0.717) is 39.8 Å². The smallest absolute Gasteiger partial charge is 0.322 e. The molecule has 1 N–H and O–H groups in total. The summed E-state index contributed by atoms with van der Waals surface area (Å²) in [7, 11) is 0. The van der Waals surface area contributed by atoms with Crippen LogP contribution in [0.3, 0.4) is 0 Å². The maximum Gasteiger partial charge on any atom is 0.322 e. The molecule has 2 aromatic carbocycles. The second-order valence-electron chi connectivity index (χ2n) is 6.77. The standard InChI is InChI=1S/C22H18ClFN4O2/c1-3-10-28-13(2)18(19(25-22(28)29)14-6-5-9-17(24)12-14)21-26-20(27-30-21)15-7-4-8-16(23)11-15/h3-9,11-12,19H,1,10H2,2H3,(H,25,29). The van der Waals surface area contributed by atoms with Gasteiger partial charge in [-0.05, 0) is 36.8 Å². The minimum atomic E-state index is -0.651. The average molecular weight is 425 g/mol. The fourth-order valence-corrected chi connectivity index (χ4v) is 3.61. The first kappa shape index (κ1) is 19.8. The van der Waals surface area contributed by atoms with Crippen molar-refractivity contribution in [3.63, 3.8) is 0 Å². The summed E-state index contributed by atoms with van der Waals surface area (Å²) in [5, 5.41) is 7.52. The molecule has 1 aliphatic heterocycles. The van der Waals surface area contributed by atoms with Gasteiger partial charge in [0.1, 0.15) is 5.82 Å². The summed E-state index contributed by atoms with van der Waals surface area (Å²) in [5.74, 6) is 0.182. The normalized spacial score (nSPS) is 16.6. The molecular weight excluding hydrogens is 407 g/mol. The van der Waals surface area contributed by atoms with Crippen LogP contribution in [0, 0.1) is 5.82 Å². The van der Waals surface area contributed by atoms with Crippen molar-refractivity contribution >= 4 is 23.2 Å². The van der Waals surface area contributed by atoms with Gasteiger partial charge in [0.2, 0.25) is 5.82 Å². The molecule has 0 bridgehead atoms. The minimum Gasteiger partial charge on any atom is -0.334 e. The van der Waals surface area contributed by atoms with Crippen LogP contribution in [0.15, 0.2) is 71.4 Å². The molecule has 1 atom stereocenters. The second kappa shape index (κ2) is 8.12. The van der Waals surface area contributed by atoms with E-state index < -0.39 is 11.9 Å². The molecule has 4 rings (SSSR count). The lowest BCUT2D eigenvalue weighted by atomic mass is 9.94. The third kappa shape index (κ3) is 3.71. The molecule has 0 aliphatic carbocycles. The van der Waals surface area contributed by atoms with Crippen molar-refractivity contribution in [1.29, 1.82) is 0 Å². The topological polar surface area (TPSA) is 71.3 Å². The number of rotatable bonds is 5. The zero-order valence-corrected chi connectivity index (χ0v) is 16.9. The van der Waals surface area contributed by atoms with Gasteiger partial charge in [-0.25, -0.2) is 9.18 Å². The average Bonchev–Trinajstić information content (AvgIpc) is 3.20. The predicted octanol–water partition coefficient (Wildman–Crippen LogP) is 5.21. The molecule has 152 valence electrons. The summed E-state index contributed by atoms with van der Waals surface area (Å²) in [4.78, 5) is 18.7. The number of benzene rings is 2. The molecule has 2 amide bonds. The van der Waals surface area contributed by atoms with Crippen molar-refractivity contribution < 1.29 is 13.7 Å². The lowest BCUT2D eigenvalue weighted by molar-refractivity contribution is 0.209. The van der Waals surface area contributed by atoms with Crippen molar-refractivity contribution in [3.05, 3.63) is 89.2 Å². The van der Waals surface area contributed by atoms with Crippen LogP contribution < -0.4 is 5.32 Å².